The van der Waals surface area contributed by atoms with Gasteiger partial charge in [0.05, 0.1) is 12.6 Å². The van der Waals surface area contributed by atoms with Gasteiger partial charge in [0.2, 0.25) is 11.8 Å². The Labute approximate surface area is 183 Å². The standard InChI is InChI=1S/C24H31FN4O2/c1-19(24(31)26-12-11-20-7-9-22(25)10-8-20)29-15-13-28(14-16-29)18-23(30)27-17-21-5-3-2-4-6-21/h2-10,19H,11-18H2,1H3,(H,26,31)(H,27,30). The molecule has 2 aromatic rings. The Balaban J connectivity index is 1.33. The summed E-state index contributed by atoms with van der Waals surface area (Å²) in [6.45, 7) is 6.36. The molecule has 1 aliphatic rings. The Hall–Kier alpha value is -2.77. The molecule has 2 amide bonds. The van der Waals surface area contributed by atoms with Gasteiger partial charge in [0, 0.05) is 39.3 Å². The number of amides is 2. The first kappa shape index (κ1) is 22.9. The molecular formula is C24H31FN4O2. The topological polar surface area (TPSA) is 64.7 Å². The molecule has 0 bridgehead atoms. The van der Waals surface area contributed by atoms with Crippen molar-refractivity contribution in [2.24, 2.45) is 0 Å². The third kappa shape index (κ3) is 7.45. The summed E-state index contributed by atoms with van der Waals surface area (Å²) in [6, 6.07) is 16.0. The van der Waals surface area contributed by atoms with Gasteiger partial charge in [0.15, 0.2) is 0 Å². The number of nitrogens with one attached hydrogen (secondary N) is 2. The van der Waals surface area contributed by atoms with Crippen molar-refractivity contribution < 1.29 is 14.0 Å². The van der Waals surface area contributed by atoms with Gasteiger partial charge in [-0.1, -0.05) is 42.5 Å². The van der Waals surface area contributed by atoms with E-state index in [1.807, 2.05) is 37.3 Å². The summed E-state index contributed by atoms with van der Waals surface area (Å²) in [5.41, 5.74) is 2.08. The van der Waals surface area contributed by atoms with Gasteiger partial charge >= 0.3 is 0 Å². The fraction of sp³-hybridized carbons (Fsp3) is 0.417. The fourth-order valence-electron chi connectivity index (χ4n) is 3.66. The number of piperazine rings is 1. The van der Waals surface area contributed by atoms with E-state index in [-0.39, 0.29) is 23.7 Å². The average Bonchev–Trinajstić information content (AvgIpc) is 2.79. The second-order valence-corrected chi connectivity index (χ2v) is 7.92. The van der Waals surface area contributed by atoms with E-state index in [0.29, 0.717) is 26.1 Å². The van der Waals surface area contributed by atoms with Gasteiger partial charge in [-0.15, -0.1) is 0 Å². The van der Waals surface area contributed by atoms with Crippen LogP contribution in [-0.4, -0.2) is 66.9 Å². The smallest absolute Gasteiger partial charge is 0.237 e. The van der Waals surface area contributed by atoms with Crippen LogP contribution in [0.3, 0.4) is 0 Å². The summed E-state index contributed by atoms with van der Waals surface area (Å²) in [5.74, 6) is -0.241. The third-order valence-corrected chi connectivity index (χ3v) is 5.66. The van der Waals surface area contributed by atoms with Gasteiger partial charge in [-0.2, -0.15) is 0 Å². The molecule has 0 aromatic heterocycles. The summed E-state index contributed by atoms with van der Waals surface area (Å²) in [4.78, 5) is 29.0. The Kier molecular flexibility index (Phi) is 8.55. The van der Waals surface area contributed by atoms with E-state index >= 15 is 0 Å². The van der Waals surface area contributed by atoms with Gasteiger partial charge in [-0.25, -0.2) is 4.39 Å². The molecule has 1 heterocycles. The minimum atomic E-state index is -0.255. The van der Waals surface area contributed by atoms with E-state index in [0.717, 1.165) is 37.3 Å². The number of carbonyl (C=O) groups excluding carboxylic acids is 2. The molecule has 1 saturated heterocycles. The van der Waals surface area contributed by atoms with E-state index in [2.05, 4.69) is 20.4 Å². The first-order valence-electron chi connectivity index (χ1n) is 10.8. The van der Waals surface area contributed by atoms with Gasteiger partial charge in [0.1, 0.15) is 5.82 Å². The number of nitrogens with zero attached hydrogens (tertiary/aromatic N) is 2. The number of rotatable bonds is 9. The van der Waals surface area contributed by atoms with Crippen LogP contribution in [0.4, 0.5) is 4.39 Å². The molecule has 3 rings (SSSR count). The molecule has 1 atom stereocenters. The fourth-order valence-corrected chi connectivity index (χ4v) is 3.66. The van der Waals surface area contributed by atoms with Crippen LogP contribution < -0.4 is 10.6 Å². The molecule has 0 spiro atoms. The lowest BCUT2D eigenvalue weighted by Crippen LogP contribution is -2.55. The van der Waals surface area contributed by atoms with Gasteiger partial charge < -0.3 is 10.6 Å². The van der Waals surface area contributed by atoms with Crippen molar-refractivity contribution in [1.82, 2.24) is 20.4 Å². The van der Waals surface area contributed by atoms with Crippen molar-refractivity contribution >= 4 is 11.8 Å². The second kappa shape index (κ2) is 11.6. The van der Waals surface area contributed by atoms with Crippen molar-refractivity contribution in [3.8, 4) is 0 Å². The zero-order valence-electron chi connectivity index (χ0n) is 18.0. The Morgan fingerprint density at radius 3 is 2.29 bits per heavy atom. The molecule has 6 nitrogen and oxygen atoms in total. The maximum Gasteiger partial charge on any atom is 0.237 e. The van der Waals surface area contributed by atoms with Crippen molar-refractivity contribution in [3.63, 3.8) is 0 Å². The highest BCUT2D eigenvalue weighted by molar-refractivity contribution is 5.81. The molecule has 0 radical (unpaired) electrons. The van der Waals surface area contributed by atoms with Crippen LogP contribution in [0.5, 0.6) is 0 Å². The van der Waals surface area contributed by atoms with Gasteiger partial charge in [-0.05, 0) is 36.6 Å². The van der Waals surface area contributed by atoms with E-state index in [4.69, 9.17) is 0 Å². The van der Waals surface area contributed by atoms with Gasteiger partial charge in [-0.3, -0.25) is 19.4 Å². The number of halogens is 1. The predicted octanol–water partition coefficient (Wildman–Crippen LogP) is 1.81. The van der Waals surface area contributed by atoms with Crippen LogP contribution in [-0.2, 0) is 22.6 Å². The zero-order valence-corrected chi connectivity index (χ0v) is 18.0. The summed E-state index contributed by atoms with van der Waals surface area (Å²) in [7, 11) is 0. The number of carbonyl (C=O) groups is 2. The SMILES string of the molecule is CC(C(=O)NCCc1ccc(F)cc1)N1CCN(CC(=O)NCc2ccccc2)CC1. The Bertz CT molecular complexity index is 836. The zero-order chi connectivity index (χ0) is 22.1. The van der Waals surface area contributed by atoms with Crippen molar-refractivity contribution in [1.29, 1.82) is 0 Å². The summed E-state index contributed by atoms with van der Waals surface area (Å²) in [6.07, 6.45) is 0.671. The molecule has 31 heavy (non-hydrogen) atoms. The molecule has 1 unspecified atom stereocenters. The van der Waals surface area contributed by atoms with Gasteiger partial charge in [0.25, 0.3) is 0 Å². The van der Waals surface area contributed by atoms with E-state index in [1.54, 1.807) is 12.1 Å². The Morgan fingerprint density at radius 1 is 0.935 bits per heavy atom. The van der Waals surface area contributed by atoms with Crippen LogP contribution in [0, 0.1) is 5.82 Å². The highest BCUT2D eigenvalue weighted by atomic mass is 19.1. The summed E-state index contributed by atoms with van der Waals surface area (Å²) < 4.78 is 13.0. The number of hydrogen-bond donors (Lipinski definition) is 2. The minimum absolute atomic E-state index is 0.00355. The van der Waals surface area contributed by atoms with E-state index < -0.39 is 0 Å². The van der Waals surface area contributed by atoms with Crippen LogP contribution in [0.2, 0.25) is 0 Å². The quantitative estimate of drug-likeness (QED) is 0.642. The lowest BCUT2D eigenvalue weighted by Gasteiger charge is -2.37. The second-order valence-electron chi connectivity index (χ2n) is 7.92. The van der Waals surface area contributed by atoms with Crippen molar-refractivity contribution in [2.75, 3.05) is 39.3 Å². The molecule has 0 saturated carbocycles. The third-order valence-electron chi connectivity index (χ3n) is 5.66. The highest BCUT2D eigenvalue weighted by Crippen LogP contribution is 2.07. The van der Waals surface area contributed by atoms with Crippen molar-refractivity contribution in [2.45, 2.75) is 25.9 Å². The number of hydrogen-bond acceptors (Lipinski definition) is 4. The molecule has 1 aliphatic heterocycles. The molecule has 2 N–H and O–H groups in total. The van der Waals surface area contributed by atoms with Crippen LogP contribution in [0.25, 0.3) is 0 Å². The van der Waals surface area contributed by atoms with Crippen molar-refractivity contribution in [3.05, 3.63) is 71.5 Å². The Morgan fingerprint density at radius 2 is 1.61 bits per heavy atom. The lowest BCUT2D eigenvalue weighted by atomic mass is 10.1. The lowest BCUT2D eigenvalue weighted by molar-refractivity contribution is -0.127. The normalized spacial score (nSPS) is 15.9. The first-order chi connectivity index (χ1) is 15.0. The molecule has 7 heteroatoms. The maximum absolute atomic E-state index is 13.0. The number of benzene rings is 2. The largest absolute Gasteiger partial charge is 0.354 e. The van der Waals surface area contributed by atoms with Crippen LogP contribution in [0.15, 0.2) is 54.6 Å². The molecule has 0 aliphatic carbocycles. The molecule has 2 aromatic carbocycles. The summed E-state index contributed by atoms with van der Waals surface area (Å²) in [5, 5.41) is 5.93. The molecule has 1 fully saturated rings. The summed E-state index contributed by atoms with van der Waals surface area (Å²) >= 11 is 0. The molecule has 166 valence electrons. The predicted molar refractivity (Wildman–Crippen MR) is 119 cm³/mol. The average molecular weight is 427 g/mol. The first-order valence-corrected chi connectivity index (χ1v) is 10.8. The van der Waals surface area contributed by atoms with Crippen LogP contribution in [0.1, 0.15) is 18.1 Å². The molecular weight excluding hydrogens is 395 g/mol. The monoisotopic (exact) mass is 426 g/mol. The van der Waals surface area contributed by atoms with Crippen LogP contribution >= 0.6 is 0 Å². The maximum atomic E-state index is 13.0. The van der Waals surface area contributed by atoms with E-state index in [1.165, 1.54) is 12.1 Å². The van der Waals surface area contributed by atoms with E-state index in [9.17, 15) is 14.0 Å². The highest BCUT2D eigenvalue weighted by Gasteiger charge is 2.26. The minimum Gasteiger partial charge on any atom is -0.354 e.